The quantitative estimate of drug-likeness (QED) is 0.642. The van der Waals surface area contributed by atoms with E-state index in [0.29, 0.717) is 6.54 Å². The van der Waals surface area contributed by atoms with Gasteiger partial charge in [-0.15, -0.1) is 0 Å². The van der Waals surface area contributed by atoms with Crippen LogP contribution in [-0.4, -0.2) is 61.5 Å². The summed E-state index contributed by atoms with van der Waals surface area (Å²) in [7, 11) is 3.26. The van der Waals surface area contributed by atoms with Gasteiger partial charge >= 0.3 is 5.97 Å². The number of carbonyl (C=O) groups is 2. The molecule has 0 bridgehead atoms. The second-order valence-electron chi connectivity index (χ2n) is 4.92. The lowest BCUT2D eigenvalue weighted by molar-refractivity contribution is -0.148. The van der Waals surface area contributed by atoms with E-state index in [-0.39, 0.29) is 23.8 Å². The van der Waals surface area contributed by atoms with E-state index in [1.54, 1.807) is 4.90 Å². The van der Waals surface area contributed by atoms with Crippen LogP contribution in [0.4, 0.5) is 0 Å². The highest BCUT2D eigenvalue weighted by atomic mass is 16.5. The topological polar surface area (TPSA) is 49.9 Å². The Kier molecular flexibility index (Phi) is 3.66. The zero-order chi connectivity index (χ0) is 12.4. The van der Waals surface area contributed by atoms with Crippen molar-refractivity contribution in [3.05, 3.63) is 0 Å². The molecule has 5 heteroatoms. The minimum absolute atomic E-state index is 0.0209. The average molecular weight is 240 g/mol. The number of likely N-dealkylation sites (tertiary alicyclic amines) is 2. The number of esters is 1. The summed E-state index contributed by atoms with van der Waals surface area (Å²) in [5.74, 6) is -0.0172. The zero-order valence-corrected chi connectivity index (χ0v) is 10.5. The summed E-state index contributed by atoms with van der Waals surface area (Å²) >= 11 is 0. The van der Waals surface area contributed by atoms with Crippen LogP contribution >= 0.6 is 0 Å². The molecule has 0 saturated carbocycles. The summed E-state index contributed by atoms with van der Waals surface area (Å²) in [6, 6.07) is -0.0209. The molecule has 2 rings (SSSR count). The Bertz CT molecular complexity index is 319. The number of carbonyl (C=O) groups excluding carboxylic acids is 2. The molecule has 5 nitrogen and oxygen atoms in total. The first-order valence-electron chi connectivity index (χ1n) is 6.20. The fourth-order valence-corrected chi connectivity index (χ4v) is 2.79. The average Bonchev–Trinajstić information content (AvgIpc) is 2.69. The Balaban J connectivity index is 1.98. The third-order valence-electron chi connectivity index (χ3n) is 3.83. The van der Waals surface area contributed by atoms with Crippen LogP contribution < -0.4 is 0 Å². The molecule has 0 N–H and O–H groups in total. The van der Waals surface area contributed by atoms with Crippen molar-refractivity contribution in [2.24, 2.45) is 5.92 Å². The van der Waals surface area contributed by atoms with Crippen LogP contribution in [0, 0.1) is 5.92 Å². The van der Waals surface area contributed by atoms with Gasteiger partial charge in [-0.05, 0) is 25.8 Å². The summed E-state index contributed by atoms with van der Waals surface area (Å²) in [5.41, 5.74) is 0. The van der Waals surface area contributed by atoms with E-state index in [0.717, 1.165) is 32.4 Å². The van der Waals surface area contributed by atoms with Gasteiger partial charge in [0.2, 0.25) is 5.91 Å². The molecule has 0 radical (unpaired) electrons. The predicted octanol–water partition coefficient (Wildman–Crippen LogP) is 0.102. The van der Waals surface area contributed by atoms with E-state index in [1.165, 1.54) is 7.11 Å². The summed E-state index contributed by atoms with van der Waals surface area (Å²) in [6.45, 7) is 2.40. The Morgan fingerprint density at radius 1 is 1.35 bits per heavy atom. The van der Waals surface area contributed by atoms with Crippen molar-refractivity contribution in [2.45, 2.75) is 25.3 Å². The van der Waals surface area contributed by atoms with Crippen molar-refractivity contribution in [3.63, 3.8) is 0 Å². The Morgan fingerprint density at radius 3 is 2.71 bits per heavy atom. The number of nitrogens with zero attached hydrogens (tertiary/aromatic N) is 2. The minimum Gasteiger partial charge on any atom is -0.469 e. The van der Waals surface area contributed by atoms with E-state index in [9.17, 15) is 9.59 Å². The van der Waals surface area contributed by atoms with Gasteiger partial charge in [0.25, 0.3) is 0 Å². The van der Waals surface area contributed by atoms with Gasteiger partial charge in [0.05, 0.1) is 19.1 Å². The molecular formula is C12H20N2O3. The number of amides is 1. The van der Waals surface area contributed by atoms with Gasteiger partial charge in [-0.25, -0.2) is 0 Å². The van der Waals surface area contributed by atoms with Crippen molar-refractivity contribution < 1.29 is 14.3 Å². The molecule has 2 aliphatic heterocycles. The summed E-state index contributed by atoms with van der Waals surface area (Å²) in [6.07, 6.45) is 2.72. The number of methoxy groups -OCH3 is 1. The van der Waals surface area contributed by atoms with Crippen molar-refractivity contribution >= 4 is 11.9 Å². The first kappa shape index (κ1) is 12.4. The van der Waals surface area contributed by atoms with Crippen LogP contribution in [0.2, 0.25) is 0 Å². The van der Waals surface area contributed by atoms with Gasteiger partial charge < -0.3 is 9.64 Å². The van der Waals surface area contributed by atoms with E-state index >= 15 is 0 Å². The van der Waals surface area contributed by atoms with E-state index in [1.807, 2.05) is 7.05 Å². The van der Waals surface area contributed by atoms with Crippen molar-refractivity contribution in [1.29, 1.82) is 0 Å². The lowest BCUT2D eigenvalue weighted by atomic mass is 9.96. The van der Waals surface area contributed by atoms with Crippen molar-refractivity contribution in [2.75, 3.05) is 33.8 Å². The maximum atomic E-state index is 11.9. The highest BCUT2D eigenvalue weighted by Crippen LogP contribution is 2.24. The second-order valence-corrected chi connectivity index (χ2v) is 4.92. The zero-order valence-electron chi connectivity index (χ0n) is 10.5. The number of likely N-dealkylation sites (N-methyl/N-ethyl adjacent to an activating group) is 1. The van der Waals surface area contributed by atoms with Crippen LogP contribution in [0.25, 0.3) is 0 Å². The molecule has 2 fully saturated rings. The van der Waals surface area contributed by atoms with E-state index < -0.39 is 0 Å². The van der Waals surface area contributed by atoms with Gasteiger partial charge in [-0.3, -0.25) is 14.5 Å². The van der Waals surface area contributed by atoms with Gasteiger partial charge in [0, 0.05) is 20.1 Å². The summed E-state index contributed by atoms with van der Waals surface area (Å²) < 4.78 is 4.79. The first-order chi connectivity index (χ1) is 8.13. The number of piperidine rings is 1. The number of hydrogen-bond donors (Lipinski definition) is 0. The molecule has 17 heavy (non-hydrogen) atoms. The van der Waals surface area contributed by atoms with Gasteiger partial charge in [-0.1, -0.05) is 0 Å². The highest BCUT2D eigenvalue weighted by molar-refractivity contribution is 5.83. The lowest BCUT2D eigenvalue weighted by Crippen LogP contribution is -2.47. The van der Waals surface area contributed by atoms with Gasteiger partial charge in [-0.2, -0.15) is 0 Å². The molecule has 2 atom stereocenters. The Morgan fingerprint density at radius 2 is 2.12 bits per heavy atom. The predicted molar refractivity (Wildman–Crippen MR) is 62.4 cm³/mol. The highest BCUT2D eigenvalue weighted by Gasteiger charge is 2.37. The molecular weight excluding hydrogens is 220 g/mol. The number of rotatable bonds is 2. The molecule has 0 aromatic heterocycles. The third-order valence-corrected chi connectivity index (χ3v) is 3.83. The van der Waals surface area contributed by atoms with E-state index in [4.69, 9.17) is 4.74 Å². The summed E-state index contributed by atoms with van der Waals surface area (Å²) in [5, 5.41) is 0. The maximum absolute atomic E-state index is 11.9. The smallest absolute Gasteiger partial charge is 0.309 e. The molecule has 0 spiro atoms. The standard InChI is InChI=1S/C12H20N2O3/c1-13-7-5-10(11(13)15)14-6-3-4-9(8-14)12(16)17-2/h9-10H,3-8H2,1-2H3. The molecule has 2 aliphatic rings. The first-order valence-corrected chi connectivity index (χ1v) is 6.20. The molecule has 2 heterocycles. The molecule has 2 unspecified atom stereocenters. The minimum atomic E-state index is -0.145. The molecule has 1 amide bonds. The van der Waals surface area contributed by atoms with Crippen LogP contribution in [0.1, 0.15) is 19.3 Å². The van der Waals surface area contributed by atoms with Crippen LogP contribution in [-0.2, 0) is 14.3 Å². The SMILES string of the molecule is COC(=O)C1CCCN(C2CCN(C)C2=O)C1. The molecule has 0 aliphatic carbocycles. The number of hydrogen-bond acceptors (Lipinski definition) is 4. The number of ether oxygens (including phenoxy) is 1. The fourth-order valence-electron chi connectivity index (χ4n) is 2.79. The monoisotopic (exact) mass is 240 g/mol. The van der Waals surface area contributed by atoms with Gasteiger partial charge in [0.1, 0.15) is 0 Å². The Hall–Kier alpha value is -1.10. The van der Waals surface area contributed by atoms with Gasteiger partial charge in [0.15, 0.2) is 0 Å². The van der Waals surface area contributed by atoms with Crippen molar-refractivity contribution in [1.82, 2.24) is 9.80 Å². The van der Waals surface area contributed by atoms with Crippen LogP contribution in [0.5, 0.6) is 0 Å². The molecule has 0 aromatic rings. The Labute approximate surface area is 102 Å². The van der Waals surface area contributed by atoms with Crippen LogP contribution in [0.15, 0.2) is 0 Å². The fraction of sp³-hybridized carbons (Fsp3) is 0.833. The molecule has 2 saturated heterocycles. The third kappa shape index (κ3) is 2.44. The van der Waals surface area contributed by atoms with Crippen molar-refractivity contribution in [3.8, 4) is 0 Å². The van der Waals surface area contributed by atoms with E-state index in [2.05, 4.69) is 4.90 Å². The summed E-state index contributed by atoms with van der Waals surface area (Å²) in [4.78, 5) is 27.4. The second kappa shape index (κ2) is 5.04. The lowest BCUT2D eigenvalue weighted by Gasteiger charge is -2.34. The molecule has 96 valence electrons. The largest absolute Gasteiger partial charge is 0.469 e. The van der Waals surface area contributed by atoms with Crippen LogP contribution in [0.3, 0.4) is 0 Å². The molecule has 0 aromatic carbocycles. The maximum Gasteiger partial charge on any atom is 0.309 e. The normalized spacial score (nSPS) is 30.7.